The molecule has 1 atom stereocenters. The number of hydrogen-bond donors (Lipinski definition) is 1. The topological polar surface area (TPSA) is 20.2 Å². The van der Waals surface area contributed by atoms with Crippen molar-refractivity contribution in [1.82, 2.24) is 0 Å². The first-order valence-electron chi connectivity index (χ1n) is 4.43. The zero-order valence-corrected chi connectivity index (χ0v) is 10.7. The summed E-state index contributed by atoms with van der Waals surface area (Å²) in [5.74, 6) is 0. The number of halogens is 3. The third-order valence-electron chi connectivity index (χ3n) is 2.11. The van der Waals surface area contributed by atoms with E-state index in [9.17, 15) is 5.11 Å². The fourth-order valence-electron chi connectivity index (χ4n) is 1.02. The predicted molar refractivity (Wildman–Crippen MR) is 66.8 cm³/mol. The number of aliphatic hydroxyl groups excluding tert-OH is 1. The average molecular weight is 266 g/mol. The van der Waals surface area contributed by atoms with E-state index in [4.69, 9.17) is 34.8 Å². The van der Waals surface area contributed by atoms with Gasteiger partial charge in [0.2, 0.25) is 0 Å². The normalized spacial score (nSPS) is 14.1. The minimum absolute atomic E-state index is 0.407. The molecule has 0 heterocycles. The van der Waals surface area contributed by atoms with Gasteiger partial charge in [0.1, 0.15) is 0 Å². The van der Waals surface area contributed by atoms with E-state index in [0.717, 1.165) is 5.57 Å². The van der Waals surface area contributed by atoms with Gasteiger partial charge in [0.15, 0.2) is 0 Å². The monoisotopic (exact) mass is 264 g/mol. The molecule has 0 fully saturated rings. The Bertz CT molecular complexity index is 397. The number of benzene rings is 1. The van der Waals surface area contributed by atoms with Crippen LogP contribution in [0.25, 0.3) is 6.08 Å². The molecule has 0 radical (unpaired) electrons. The molecule has 4 heteroatoms. The van der Waals surface area contributed by atoms with Crippen LogP contribution in [0, 0.1) is 0 Å². The molecule has 1 aromatic carbocycles. The molecular formula is C11H11Cl3O. The van der Waals surface area contributed by atoms with Crippen LogP contribution < -0.4 is 0 Å². The predicted octanol–water partition coefficient (Wildman–Crippen LogP) is 4.43. The molecule has 15 heavy (non-hydrogen) atoms. The summed E-state index contributed by atoms with van der Waals surface area (Å²) in [6.45, 7) is 3.48. The molecule has 1 rings (SSSR count). The molecular weight excluding hydrogens is 254 g/mol. The van der Waals surface area contributed by atoms with Crippen molar-refractivity contribution < 1.29 is 5.11 Å². The van der Waals surface area contributed by atoms with Crippen LogP contribution in [0.4, 0.5) is 0 Å². The van der Waals surface area contributed by atoms with Gasteiger partial charge in [-0.3, -0.25) is 0 Å². The van der Waals surface area contributed by atoms with E-state index < -0.39 is 6.10 Å². The average Bonchev–Trinajstić information content (AvgIpc) is 2.18. The maximum Gasteiger partial charge on any atom is 0.0722 e. The maximum atomic E-state index is 9.35. The van der Waals surface area contributed by atoms with Gasteiger partial charge in [0.25, 0.3) is 0 Å². The number of rotatable bonds is 2. The minimum atomic E-state index is -0.531. The van der Waals surface area contributed by atoms with Crippen LogP contribution in [0.3, 0.4) is 0 Å². The van der Waals surface area contributed by atoms with Crippen LogP contribution in [-0.2, 0) is 0 Å². The molecule has 0 aromatic heterocycles. The lowest BCUT2D eigenvalue weighted by Gasteiger charge is -2.08. The van der Waals surface area contributed by atoms with Crippen LogP contribution in [0.2, 0.25) is 15.1 Å². The second-order valence-electron chi connectivity index (χ2n) is 3.32. The highest BCUT2D eigenvalue weighted by Crippen LogP contribution is 2.33. The van der Waals surface area contributed by atoms with Crippen LogP contribution >= 0.6 is 34.8 Å². The molecule has 1 nitrogen and oxygen atoms in total. The lowest BCUT2D eigenvalue weighted by molar-refractivity contribution is 0.232. The van der Waals surface area contributed by atoms with Gasteiger partial charge < -0.3 is 5.11 Å². The van der Waals surface area contributed by atoms with E-state index >= 15 is 0 Å². The van der Waals surface area contributed by atoms with Gasteiger partial charge in [-0.2, -0.15) is 0 Å². The van der Waals surface area contributed by atoms with Gasteiger partial charge in [-0.25, -0.2) is 0 Å². The van der Waals surface area contributed by atoms with Gasteiger partial charge in [0.05, 0.1) is 16.1 Å². The standard InChI is InChI=1S/C11H11Cl3O/c1-6(7(2)15)5-8-9(12)3-4-10(13)11(8)14/h3-5,7,15H,1-2H3/b6-5+. The highest BCUT2D eigenvalue weighted by Gasteiger charge is 2.08. The Balaban J connectivity index is 3.26. The second kappa shape index (κ2) is 5.22. The molecule has 82 valence electrons. The molecule has 0 spiro atoms. The fraction of sp³-hybridized carbons (Fsp3) is 0.273. The number of aliphatic hydroxyl groups is 1. The molecule has 0 aliphatic rings. The molecule has 0 aliphatic carbocycles. The molecule has 0 saturated carbocycles. The zero-order chi connectivity index (χ0) is 11.6. The van der Waals surface area contributed by atoms with Crippen molar-refractivity contribution >= 4 is 40.9 Å². The summed E-state index contributed by atoms with van der Waals surface area (Å²) in [4.78, 5) is 0. The van der Waals surface area contributed by atoms with Crippen molar-refractivity contribution in [2.75, 3.05) is 0 Å². The van der Waals surface area contributed by atoms with Crippen molar-refractivity contribution in [2.24, 2.45) is 0 Å². The Morgan fingerprint density at radius 1 is 1.27 bits per heavy atom. The van der Waals surface area contributed by atoms with Gasteiger partial charge in [-0.15, -0.1) is 0 Å². The van der Waals surface area contributed by atoms with E-state index in [-0.39, 0.29) is 0 Å². The Hall–Kier alpha value is -0.210. The first-order valence-corrected chi connectivity index (χ1v) is 5.56. The quantitative estimate of drug-likeness (QED) is 0.784. The summed E-state index contributed by atoms with van der Waals surface area (Å²) < 4.78 is 0. The molecule has 0 aliphatic heterocycles. The fourth-order valence-corrected chi connectivity index (χ4v) is 1.67. The Kier molecular flexibility index (Phi) is 4.47. The zero-order valence-electron chi connectivity index (χ0n) is 8.39. The van der Waals surface area contributed by atoms with Crippen LogP contribution in [0.5, 0.6) is 0 Å². The molecule has 0 saturated heterocycles. The smallest absolute Gasteiger partial charge is 0.0722 e. The van der Waals surface area contributed by atoms with E-state index in [1.165, 1.54) is 0 Å². The summed E-state index contributed by atoms with van der Waals surface area (Å²) >= 11 is 17.9. The number of hydrogen-bond acceptors (Lipinski definition) is 1. The van der Waals surface area contributed by atoms with Crippen LogP contribution in [-0.4, -0.2) is 11.2 Å². The first kappa shape index (κ1) is 12.9. The molecule has 1 unspecified atom stereocenters. The molecule has 1 aromatic rings. The van der Waals surface area contributed by atoms with Gasteiger partial charge in [-0.05, 0) is 31.6 Å². The van der Waals surface area contributed by atoms with Gasteiger partial charge >= 0.3 is 0 Å². The lowest BCUT2D eigenvalue weighted by atomic mass is 10.1. The Morgan fingerprint density at radius 3 is 2.33 bits per heavy atom. The van der Waals surface area contributed by atoms with E-state index in [1.807, 2.05) is 0 Å². The summed E-state index contributed by atoms with van der Waals surface area (Å²) in [5.41, 5.74) is 1.42. The second-order valence-corrected chi connectivity index (χ2v) is 4.51. The Labute approximate surface area is 104 Å². The van der Waals surface area contributed by atoms with Crippen molar-refractivity contribution in [3.05, 3.63) is 38.3 Å². The van der Waals surface area contributed by atoms with Crippen LogP contribution in [0.15, 0.2) is 17.7 Å². The molecule has 0 bridgehead atoms. The van der Waals surface area contributed by atoms with E-state index in [2.05, 4.69) is 0 Å². The van der Waals surface area contributed by atoms with E-state index in [1.54, 1.807) is 32.1 Å². The highest BCUT2D eigenvalue weighted by atomic mass is 35.5. The van der Waals surface area contributed by atoms with Crippen molar-refractivity contribution in [3.63, 3.8) is 0 Å². The molecule has 0 amide bonds. The summed E-state index contributed by atoms with van der Waals surface area (Å²) in [7, 11) is 0. The third kappa shape index (κ3) is 3.12. The first-order chi connectivity index (χ1) is 6.93. The highest BCUT2D eigenvalue weighted by molar-refractivity contribution is 6.44. The van der Waals surface area contributed by atoms with Gasteiger partial charge in [0, 0.05) is 10.6 Å². The minimum Gasteiger partial charge on any atom is -0.389 e. The molecule has 1 N–H and O–H groups in total. The van der Waals surface area contributed by atoms with Gasteiger partial charge in [-0.1, -0.05) is 40.9 Å². The Morgan fingerprint density at radius 2 is 1.80 bits per heavy atom. The summed E-state index contributed by atoms with van der Waals surface area (Å²) in [6.07, 6.45) is 1.21. The lowest BCUT2D eigenvalue weighted by Crippen LogP contribution is -2.00. The van der Waals surface area contributed by atoms with Crippen molar-refractivity contribution in [1.29, 1.82) is 0 Å². The summed E-state index contributed by atoms with van der Waals surface area (Å²) in [6, 6.07) is 3.32. The largest absolute Gasteiger partial charge is 0.389 e. The van der Waals surface area contributed by atoms with Crippen LogP contribution in [0.1, 0.15) is 19.4 Å². The maximum absolute atomic E-state index is 9.35. The summed E-state index contributed by atoms with van der Waals surface area (Å²) in [5, 5.41) is 10.7. The van der Waals surface area contributed by atoms with E-state index in [0.29, 0.717) is 20.6 Å². The van der Waals surface area contributed by atoms with Crippen molar-refractivity contribution in [2.45, 2.75) is 20.0 Å². The van der Waals surface area contributed by atoms with Crippen molar-refractivity contribution in [3.8, 4) is 0 Å². The SMILES string of the molecule is C/C(=C\c1c(Cl)ccc(Cl)c1Cl)C(C)O. The third-order valence-corrected chi connectivity index (χ3v) is 3.26.